The van der Waals surface area contributed by atoms with E-state index in [9.17, 15) is 9.90 Å². The number of nitrogens with zero attached hydrogens (tertiary/aromatic N) is 2. The van der Waals surface area contributed by atoms with E-state index in [1.54, 1.807) is 19.0 Å². The summed E-state index contributed by atoms with van der Waals surface area (Å²) < 4.78 is 0. The lowest BCUT2D eigenvalue weighted by atomic mass is 9.65. The van der Waals surface area contributed by atoms with Gasteiger partial charge in [0, 0.05) is 14.1 Å². The predicted octanol–water partition coefficient (Wildman–Crippen LogP) is 2.91. The zero-order valence-electron chi connectivity index (χ0n) is 16.2. The number of carbonyl (C=O) groups excluding carboxylic acids is 1. The molecule has 0 aliphatic heterocycles. The molecule has 4 heteroatoms. The van der Waals surface area contributed by atoms with Crippen LogP contribution >= 0.6 is 0 Å². The molecule has 4 nitrogen and oxygen atoms in total. The molecule has 0 radical (unpaired) electrons. The summed E-state index contributed by atoms with van der Waals surface area (Å²) in [6.45, 7) is 0.762. The molecule has 140 valence electrons. The van der Waals surface area contributed by atoms with Gasteiger partial charge in [-0.2, -0.15) is 0 Å². The molecule has 0 aromatic heterocycles. The largest absolute Gasteiger partial charge is 0.391 e. The number of aliphatic hydroxyl groups excluding tert-OH is 1. The van der Waals surface area contributed by atoms with Crippen molar-refractivity contribution in [2.45, 2.75) is 50.0 Å². The third-order valence-electron chi connectivity index (χ3n) is 5.63. The Hall–Kier alpha value is -1.39. The lowest BCUT2D eigenvalue weighted by molar-refractivity contribution is -0.143. The number of carbonyl (C=O) groups is 1. The van der Waals surface area contributed by atoms with Gasteiger partial charge in [-0.3, -0.25) is 4.79 Å². The fourth-order valence-electron chi connectivity index (χ4n) is 4.21. The maximum absolute atomic E-state index is 13.4. The Morgan fingerprint density at radius 1 is 1.12 bits per heavy atom. The second kappa shape index (κ2) is 8.81. The van der Waals surface area contributed by atoms with Crippen LogP contribution in [0.1, 0.15) is 44.1 Å². The van der Waals surface area contributed by atoms with Gasteiger partial charge in [0.2, 0.25) is 5.91 Å². The van der Waals surface area contributed by atoms with E-state index in [0.29, 0.717) is 6.42 Å². The molecule has 0 heterocycles. The van der Waals surface area contributed by atoms with Crippen LogP contribution in [0.3, 0.4) is 0 Å². The smallest absolute Gasteiger partial charge is 0.235 e. The topological polar surface area (TPSA) is 43.8 Å². The Balaban J connectivity index is 2.50. The van der Waals surface area contributed by atoms with Gasteiger partial charge in [0.1, 0.15) is 5.41 Å². The van der Waals surface area contributed by atoms with Crippen LogP contribution in [0.2, 0.25) is 0 Å². The third kappa shape index (κ3) is 4.42. The molecule has 1 fully saturated rings. The number of hydrogen-bond donors (Lipinski definition) is 1. The second-order valence-electron chi connectivity index (χ2n) is 7.93. The molecule has 1 amide bonds. The van der Waals surface area contributed by atoms with Crippen molar-refractivity contribution in [3.8, 4) is 0 Å². The first-order chi connectivity index (χ1) is 11.9. The second-order valence-corrected chi connectivity index (χ2v) is 7.93. The number of aliphatic hydroxyl groups is 1. The van der Waals surface area contributed by atoms with E-state index in [1.165, 1.54) is 6.42 Å². The fraction of sp³-hybridized carbons (Fsp3) is 0.667. The van der Waals surface area contributed by atoms with Crippen molar-refractivity contribution >= 4 is 5.91 Å². The highest BCUT2D eigenvalue weighted by Gasteiger charge is 2.49. The summed E-state index contributed by atoms with van der Waals surface area (Å²) in [5, 5.41) is 11.5. The molecule has 0 spiro atoms. The average Bonchev–Trinajstić information content (AvgIpc) is 2.63. The normalized spacial score (nSPS) is 19.4. The molecule has 2 rings (SSSR count). The molecule has 0 saturated heterocycles. The zero-order chi connectivity index (χ0) is 18.4. The first-order valence-corrected chi connectivity index (χ1v) is 9.49. The van der Waals surface area contributed by atoms with Gasteiger partial charge >= 0.3 is 0 Å². The summed E-state index contributed by atoms with van der Waals surface area (Å²) in [5.74, 6) is 0.207. The van der Waals surface area contributed by atoms with Gasteiger partial charge in [-0.25, -0.2) is 0 Å². The monoisotopic (exact) mass is 346 g/mol. The van der Waals surface area contributed by atoms with Crippen LogP contribution in [-0.2, 0) is 10.2 Å². The third-order valence-corrected chi connectivity index (χ3v) is 5.63. The van der Waals surface area contributed by atoms with Crippen LogP contribution in [-0.4, -0.2) is 61.7 Å². The van der Waals surface area contributed by atoms with Crippen LogP contribution in [0.15, 0.2) is 30.3 Å². The molecule has 1 aliphatic carbocycles. The van der Waals surface area contributed by atoms with Crippen LogP contribution in [0, 0.1) is 5.92 Å². The Labute approximate surface area is 152 Å². The van der Waals surface area contributed by atoms with Crippen molar-refractivity contribution in [2.75, 3.05) is 34.7 Å². The van der Waals surface area contributed by atoms with Crippen molar-refractivity contribution in [1.82, 2.24) is 9.80 Å². The molecule has 1 aromatic rings. The maximum Gasteiger partial charge on any atom is 0.235 e. The van der Waals surface area contributed by atoms with Crippen molar-refractivity contribution in [1.29, 1.82) is 0 Å². The first-order valence-electron chi connectivity index (χ1n) is 9.49. The van der Waals surface area contributed by atoms with Crippen LogP contribution in [0.5, 0.6) is 0 Å². The van der Waals surface area contributed by atoms with Gasteiger partial charge in [-0.15, -0.1) is 0 Å². The molecular weight excluding hydrogens is 312 g/mol. The van der Waals surface area contributed by atoms with Gasteiger partial charge in [0.15, 0.2) is 0 Å². The van der Waals surface area contributed by atoms with Crippen molar-refractivity contribution < 1.29 is 9.90 Å². The number of benzene rings is 1. The van der Waals surface area contributed by atoms with E-state index < -0.39 is 11.5 Å². The van der Waals surface area contributed by atoms with Gasteiger partial charge in [0.05, 0.1) is 6.10 Å². The molecule has 0 bridgehead atoms. The summed E-state index contributed by atoms with van der Waals surface area (Å²) in [5.41, 5.74) is 0.0606. The van der Waals surface area contributed by atoms with Crippen molar-refractivity contribution in [3.05, 3.63) is 35.9 Å². The molecule has 1 N–H and O–H groups in total. The SMILES string of the molecule is CN(C)CCC(C(=O)N(C)C)(c1ccccc1)C(O)C1CCCCC1. The predicted molar refractivity (Wildman–Crippen MR) is 103 cm³/mol. The highest BCUT2D eigenvalue weighted by atomic mass is 16.3. The number of hydrogen-bond acceptors (Lipinski definition) is 3. The summed E-state index contributed by atoms with van der Waals surface area (Å²) >= 11 is 0. The molecular formula is C21H34N2O2. The van der Waals surface area contributed by atoms with Gasteiger partial charge in [-0.1, -0.05) is 49.6 Å². The number of amides is 1. The lowest BCUT2D eigenvalue weighted by Gasteiger charge is -2.43. The van der Waals surface area contributed by atoms with E-state index in [0.717, 1.165) is 37.8 Å². The van der Waals surface area contributed by atoms with Crippen LogP contribution in [0.25, 0.3) is 0 Å². The Kier molecular flexibility index (Phi) is 7.03. The average molecular weight is 347 g/mol. The van der Waals surface area contributed by atoms with Crippen molar-refractivity contribution in [3.63, 3.8) is 0 Å². The van der Waals surface area contributed by atoms with Crippen LogP contribution in [0.4, 0.5) is 0 Å². The quantitative estimate of drug-likeness (QED) is 0.825. The van der Waals surface area contributed by atoms with E-state index >= 15 is 0 Å². The van der Waals surface area contributed by atoms with Gasteiger partial charge < -0.3 is 14.9 Å². The van der Waals surface area contributed by atoms with E-state index in [2.05, 4.69) is 4.90 Å². The Bertz CT molecular complexity index is 538. The minimum absolute atomic E-state index is 0.0126. The molecule has 1 aliphatic rings. The summed E-state index contributed by atoms with van der Waals surface area (Å²) in [6.07, 6.45) is 5.54. The lowest BCUT2D eigenvalue weighted by Crippen LogP contribution is -2.55. The summed E-state index contributed by atoms with van der Waals surface area (Å²) in [7, 11) is 7.62. The summed E-state index contributed by atoms with van der Waals surface area (Å²) in [6, 6.07) is 9.91. The molecule has 25 heavy (non-hydrogen) atoms. The minimum Gasteiger partial charge on any atom is -0.391 e. The highest BCUT2D eigenvalue weighted by Crippen LogP contribution is 2.41. The first kappa shape index (κ1) is 19.9. The molecule has 1 saturated carbocycles. The Morgan fingerprint density at radius 2 is 1.72 bits per heavy atom. The van der Waals surface area contributed by atoms with E-state index in [4.69, 9.17) is 0 Å². The van der Waals surface area contributed by atoms with Gasteiger partial charge in [0.25, 0.3) is 0 Å². The Morgan fingerprint density at radius 3 is 2.24 bits per heavy atom. The van der Waals surface area contributed by atoms with Crippen molar-refractivity contribution in [2.24, 2.45) is 5.92 Å². The number of likely N-dealkylation sites (N-methyl/N-ethyl adjacent to an activating group) is 1. The maximum atomic E-state index is 13.4. The molecule has 2 atom stereocenters. The number of rotatable bonds is 7. The van der Waals surface area contributed by atoms with Gasteiger partial charge in [-0.05, 0) is 51.4 Å². The van der Waals surface area contributed by atoms with E-state index in [1.807, 2.05) is 44.4 Å². The molecule has 1 aromatic carbocycles. The minimum atomic E-state index is -0.878. The summed E-state index contributed by atoms with van der Waals surface area (Å²) in [4.78, 5) is 17.1. The molecule has 2 unspecified atom stereocenters. The fourth-order valence-corrected chi connectivity index (χ4v) is 4.21. The van der Waals surface area contributed by atoms with Crippen LogP contribution < -0.4 is 0 Å². The highest BCUT2D eigenvalue weighted by molar-refractivity contribution is 5.88. The standard InChI is InChI=1S/C21H34N2O2/c1-22(2)16-15-21(20(25)23(3)4,18-13-9-6-10-14-18)19(24)17-11-7-5-8-12-17/h6,9-10,13-14,17,19,24H,5,7-8,11-12,15-16H2,1-4H3. The zero-order valence-corrected chi connectivity index (χ0v) is 16.2. The van der Waals surface area contributed by atoms with E-state index in [-0.39, 0.29) is 11.8 Å².